The Labute approximate surface area is 105 Å². The Hall–Kier alpha value is -1.20. The Morgan fingerprint density at radius 3 is 2.75 bits per heavy atom. The van der Waals surface area contributed by atoms with Crippen molar-refractivity contribution in [1.29, 1.82) is 0 Å². The average Bonchev–Trinajstić information content (AvgIpc) is 2.22. The third kappa shape index (κ3) is 2.68. The van der Waals surface area contributed by atoms with E-state index < -0.39 is 0 Å². The highest BCUT2D eigenvalue weighted by Crippen LogP contribution is 2.26. The van der Waals surface area contributed by atoms with Gasteiger partial charge in [-0.1, -0.05) is 11.6 Å². The maximum absolute atomic E-state index is 12.8. The lowest BCUT2D eigenvalue weighted by atomic mass is 10.3. The zero-order valence-corrected chi connectivity index (χ0v) is 10.3. The van der Waals surface area contributed by atoms with Crippen LogP contribution in [-0.4, -0.2) is 9.97 Å². The zero-order valence-electron chi connectivity index (χ0n) is 7.92. The van der Waals surface area contributed by atoms with E-state index in [9.17, 15) is 4.39 Å². The van der Waals surface area contributed by atoms with E-state index in [1.165, 1.54) is 18.5 Å². The van der Waals surface area contributed by atoms with Gasteiger partial charge >= 0.3 is 0 Å². The second-order valence-electron chi connectivity index (χ2n) is 2.98. The predicted molar refractivity (Wildman–Crippen MR) is 64.4 cm³/mol. The van der Waals surface area contributed by atoms with Gasteiger partial charge in [0.25, 0.3) is 0 Å². The first-order valence-corrected chi connectivity index (χ1v) is 5.52. The van der Waals surface area contributed by atoms with Gasteiger partial charge in [-0.2, -0.15) is 0 Å². The molecular formula is C10H6BrClFN3. The van der Waals surface area contributed by atoms with Crippen LogP contribution >= 0.6 is 27.5 Å². The molecule has 0 atom stereocenters. The molecule has 1 aromatic carbocycles. The van der Waals surface area contributed by atoms with Gasteiger partial charge in [0.15, 0.2) is 0 Å². The first kappa shape index (κ1) is 11.3. The molecular weight excluding hydrogens is 296 g/mol. The van der Waals surface area contributed by atoms with Crippen molar-refractivity contribution in [2.45, 2.75) is 0 Å². The van der Waals surface area contributed by atoms with Crippen LogP contribution in [0.5, 0.6) is 0 Å². The molecule has 0 saturated carbocycles. The van der Waals surface area contributed by atoms with Crippen LogP contribution < -0.4 is 5.32 Å². The Morgan fingerprint density at radius 1 is 1.25 bits per heavy atom. The number of rotatable bonds is 2. The first-order chi connectivity index (χ1) is 7.65. The average molecular weight is 303 g/mol. The lowest BCUT2D eigenvalue weighted by Gasteiger charge is -2.07. The topological polar surface area (TPSA) is 37.8 Å². The molecule has 6 heteroatoms. The minimum atomic E-state index is -0.307. The second kappa shape index (κ2) is 4.76. The smallest absolute Gasteiger partial charge is 0.135 e. The van der Waals surface area contributed by atoms with E-state index in [2.05, 4.69) is 31.2 Å². The summed E-state index contributed by atoms with van der Waals surface area (Å²) in [5.41, 5.74) is 0.705. The summed E-state index contributed by atoms with van der Waals surface area (Å²) < 4.78 is 13.5. The fourth-order valence-electron chi connectivity index (χ4n) is 1.13. The van der Waals surface area contributed by atoms with Crippen molar-refractivity contribution in [1.82, 2.24) is 9.97 Å². The van der Waals surface area contributed by atoms with Crippen molar-refractivity contribution < 1.29 is 4.39 Å². The number of anilines is 2. The van der Waals surface area contributed by atoms with Gasteiger partial charge in [-0.05, 0) is 34.1 Å². The van der Waals surface area contributed by atoms with Crippen LogP contribution in [0, 0.1) is 5.82 Å². The number of halogens is 3. The van der Waals surface area contributed by atoms with Crippen LogP contribution in [0.25, 0.3) is 0 Å². The van der Waals surface area contributed by atoms with Crippen LogP contribution in [0.2, 0.25) is 5.15 Å². The molecule has 0 fully saturated rings. The molecule has 0 aliphatic carbocycles. The predicted octanol–water partition coefficient (Wildman–Crippen LogP) is 3.78. The van der Waals surface area contributed by atoms with Crippen molar-refractivity contribution in [3.05, 3.63) is 46.0 Å². The molecule has 0 aliphatic rings. The molecule has 1 heterocycles. The van der Waals surface area contributed by atoms with Gasteiger partial charge in [0.1, 0.15) is 23.1 Å². The van der Waals surface area contributed by atoms with Crippen LogP contribution in [0.15, 0.2) is 35.1 Å². The van der Waals surface area contributed by atoms with E-state index in [-0.39, 0.29) is 5.82 Å². The Kier molecular flexibility index (Phi) is 3.36. The molecule has 0 bridgehead atoms. The molecule has 2 aromatic rings. The lowest BCUT2D eigenvalue weighted by molar-refractivity contribution is 0.627. The first-order valence-electron chi connectivity index (χ1n) is 4.35. The number of benzene rings is 1. The quantitative estimate of drug-likeness (QED) is 0.858. The van der Waals surface area contributed by atoms with Crippen LogP contribution in [0.3, 0.4) is 0 Å². The number of aromatic nitrogens is 2. The van der Waals surface area contributed by atoms with Gasteiger partial charge in [0.2, 0.25) is 0 Å². The Bertz CT molecular complexity index is 521. The van der Waals surface area contributed by atoms with E-state index in [1.54, 1.807) is 12.1 Å². The highest BCUT2D eigenvalue weighted by atomic mass is 79.9. The van der Waals surface area contributed by atoms with E-state index in [1.807, 2.05) is 0 Å². The van der Waals surface area contributed by atoms with Crippen molar-refractivity contribution in [2.75, 3.05) is 5.32 Å². The molecule has 0 amide bonds. The summed E-state index contributed by atoms with van der Waals surface area (Å²) in [6.45, 7) is 0. The van der Waals surface area contributed by atoms with Crippen molar-refractivity contribution in [3.63, 3.8) is 0 Å². The third-order valence-electron chi connectivity index (χ3n) is 1.83. The van der Waals surface area contributed by atoms with E-state index in [4.69, 9.17) is 11.6 Å². The molecule has 82 valence electrons. The van der Waals surface area contributed by atoms with Gasteiger partial charge in [0.05, 0.1) is 5.69 Å². The highest BCUT2D eigenvalue weighted by Gasteiger charge is 2.03. The van der Waals surface area contributed by atoms with Crippen molar-refractivity contribution in [2.24, 2.45) is 0 Å². The lowest BCUT2D eigenvalue weighted by Crippen LogP contribution is -1.95. The maximum atomic E-state index is 12.8. The van der Waals surface area contributed by atoms with Gasteiger partial charge < -0.3 is 5.32 Å². The molecule has 1 N–H and O–H groups in total. The molecule has 0 saturated heterocycles. The molecule has 16 heavy (non-hydrogen) atoms. The standard InChI is InChI=1S/C10H6BrClFN3/c11-7-3-6(13)1-2-8(7)16-10-4-9(12)14-5-15-10/h1-5H,(H,14,15,16). The number of nitrogens with zero attached hydrogens (tertiary/aromatic N) is 2. The minimum absolute atomic E-state index is 0.307. The monoisotopic (exact) mass is 301 g/mol. The summed E-state index contributed by atoms with van der Waals surface area (Å²) in [5, 5.41) is 3.33. The highest BCUT2D eigenvalue weighted by molar-refractivity contribution is 9.10. The molecule has 0 radical (unpaired) electrons. The third-order valence-corrected chi connectivity index (χ3v) is 2.69. The normalized spacial score (nSPS) is 10.2. The van der Waals surface area contributed by atoms with Gasteiger partial charge in [-0.3, -0.25) is 0 Å². The van der Waals surface area contributed by atoms with Crippen molar-refractivity contribution in [3.8, 4) is 0 Å². The molecule has 3 nitrogen and oxygen atoms in total. The fraction of sp³-hybridized carbons (Fsp3) is 0. The summed E-state index contributed by atoms with van der Waals surface area (Å²) in [6.07, 6.45) is 1.35. The Balaban J connectivity index is 2.27. The van der Waals surface area contributed by atoms with E-state index >= 15 is 0 Å². The zero-order chi connectivity index (χ0) is 11.5. The van der Waals surface area contributed by atoms with E-state index in [0.717, 1.165) is 0 Å². The summed E-state index contributed by atoms with van der Waals surface area (Å²) >= 11 is 8.96. The molecule has 2 rings (SSSR count). The molecule has 0 aliphatic heterocycles. The summed E-state index contributed by atoms with van der Waals surface area (Å²) in [5.74, 6) is 0.241. The van der Waals surface area contributed by atoms with Gasteiger partial charge in [0, 0.05) is 10.5 Å². The Morgan fingerprint density at radius 2 is 2.06 bits per heavy atom. The van der Waals surface area contributed by atoms with Gasteiger partial charge in [-0.15, -0.1) is 0 Å². The number of nitrogens with one attached hydrogen (secondary N) is 1. The molecule has 1 aromatic heterocycles. The molecule has 0 unspecified atom stereocenters. The molecule has 0 spiro atoms. The summed E-state index contributed by atoms with van der Waals surface area (Å²) in [7, 11) is 0. The number of hydrogen-bond donors (Lipinski definition) is 1. The van der Waals surface area contributed by atoms with Gasteiger partial charge in [-0.25, -0.2) is 14.4 Å². The number of hydrogen-bond acceptors (Lipinski definition) is 3. The summed E-state index contributed by atoms with van der Waals surface area (Å²) in [6, 6.07) is 5.91. The van der Waals surface area contributed by atoms with E-state index in [0.29, 0.717) is 21.1 Å². The summed E-state index contributed by atoms with van der Waals surface area (Å²) in [4.78, 5) is 7.74. The largest absolute Gasteiger partial charge is 0.339 e. The SMILES string of the molecule is Fc1ccc(Nc2cc(Cl)ncn2)c(Br)c1. The van der Waals surface area contributed by atoms with Crippen LogP contribution in [0.4, 0.5) is 15.9 Å². The second-order valence-corrected chi connectivity index (χ2v) is 4.22. The van der Waals surface area contributed by atoms with Crippen LogP contribution in [-0.2, 0) is 0 Å². The van der Waals surface area contributed by atoms with Crippen molar-refractivity contribution >= 4 is 39.0 Å². The van der Waals surface area contributed by atoms with Crippen LogP contribution in [0.1, 0.15) is 0 Å². The maximum Gasteiger partial charge on any atom is 0.135 e. The fourth-order valence-corrected chi connectivity index (χ4v) is 1.73. The minimum Gasteiger partial charge on any atom is -0.339 e.